The van der Waals surface area contributed by atoms with Gasteiger partial charge in [-0.15, -0.1) is 0 Å². The average Bonchev–Trinajstić information content (AvgIpc) is 2.66. The van der Waals surface area contributed by atoms with E-state index in [0.717, 1.165) is 16.8 Å². The molecule has 0 saturated heterocycles. The number of methoxy groups -OCH3 is 1. The molecule has 2 rings (SSSR count). The van der Waals surface area contributed by atoms with Gasteiger partial charge in [0.05, 0.1) is 30.7 Å². The second-order valence-corrected chi connectivity index (χ2v) is 6.91. The maximum Gasteiger partial charge on any atom is 0.258 e. The number of amides is 1. The molecule has 0 aromatic heterocycles. The number of hydrogen-bond donors (Lipinski definition) is 0. The largest absolute Gasteiger partial charge is 0.493 e. The zero-order valence-electron chi connectivity index (χ0n) is 16.0. The molecule has 0 heterocycles. The summed E-state index contributed by atoms with van der Waals surface area (Å²) in [5, 5.41) is 9.00. The third-order valence-electron chi connectivity index (χ3n) is 4.26. The number of anilines is 1. The molecule has 0 saturated carbocycles. The summed E-state index contributed by atoms with van der Waals surface area (Å²) < 4.78 is 11.6. The summed E-state index contributed by atoms with van der Waals surface area (Å²) in [7, 11) is 1.54. The van der Waals surface area contributed by atoms with Gasteiger partial charge >= 0.3 is 0 Å². The smallest absolute Gasteiger partial charge is 0.258 e. The molecule has 27 heavy (non-hydrogen) atoms. The summed E-state index contributed by atoms with van der Waals surface area (Å²) in [5.74, 6) is 0.844. The molecule has 0 fully saturated rings. The first-order valence-corrected chi connectivity index (χ1v) is 9.48. The molecule has 142 valence electrons. The maximum atomic E-state index is 13.2. The van der Waals surface area contributed by atoms with Crippen LogP contribution in [0.25, 0.3) is 0 Å². The van der Waals surface area contributed by atoms with E-state index in [1.165, 1.54) is 7.11 Å². The van der Waals surface area contributed by atoms with Gasteiger partial charge in [0.25, 0.3) is 5.91 Å². The van der Waals surface area contributed by atoms with Crippen molar-refractivity contribution in [3.63, 3.8) is 0 Å². The van der Waals surface area contributed by atoms with Crippen molar-refractivity contribution in [2.75, 3.05) is 25.2 Å². The number of carbonyl (C=O) groups is 1. The highest BCUT2D eigenvalue weighted by molar-refractivity contribution is 9.10. The number of rotatable bonds is 7. The molecular weight excluding hydrogens is 408 g/mol. The van der Waals surface area contributed by atoms with E-state index in [4.69, 9.17) is 14.7 Å². The Morgan fingerprint density at radius 3 is 2.56 bits per heavy atom. The monoisotopic (exact) mass is 430 g/mol. The SMILES string of the molecule is CCOc1c(Br)cc(C(=O)N(CCC#N)c2ccc(C)c(C)c2)cc1OC. The number of halogens is 1. The zero-order valence-corrected chi connectivity index (χ0v) is 17.6. The van der Waals surface area contributed by atoms with Crippen LogP contribution in [0, 0.1) is 25.2 Å². The minimum absolute atomic E-state index is 0.199. The first-order valence-electron chi connectivity index (χ1n) is 8.69. The van der Waals surface area contributed by atoms with Gasteiger partial charge in [0.15, 0.2) is 11.5 Å². The van der Waals surface area contributed by atoms with E-state index in [-0.39, 0.29) is 12.3 Å². The third kappa shape index (κ3) is 4.81. The molecule has 0 bridgehead atoms. The molecule has 2 aromatic carbocycles. The van der Waals surface area contributed by atoms with Crippen molar-refractivity contribution < 1.29 is 14.3 Å². The second-order valence-electron chi connectivity index (χ2n) is 6.06. The molecule has 6 heteroatoms. The van der Waals surface area contributed by atoms with Gasteiger partial charge in [0, 0.05) is 17.8 Å². The fourth-order valence-corrected chi connectivity index (χ4v) is 3.24. The van der Waals surface area contributed by atoms with Gasteiger partial charge in [0.2, 0.25) is 0 Å². The van der Waals surface area contributed by atoms with Crippen molar-refractivity contribution in [1.82, 2.24) is 0 Å². The van der Waals surface area contributed by atoms with E-state index in [2.05, 4.69) is 22.0 Å². The lowest BCUT2D eigenvalue weighted by Gasteiger charge is -2.23. The molecule has 0 aliphatic rings. The Hall–Kier alpha value is -2.52. The Bertz CT molecular complexity index is 874. The van der Waals surface area contributed by atoms with Crippen molar-refractivity contribution in [2.24, 2.45) is 0 Å². The summed E-state index contributed by atoms with van der Waals surface area (Å²) in [6.45, 7) is 6.70. The minimum Gasteiger partial charge on any atom is -0.493 e. The molecule has 0 aliphatic carbocycles. The van der Waals surface area contributed by atoms with Crippen LogP contribution in [0.1, 0.15) is 34.8 Å². The molecular formula is C21H23BrN2O3. The summed E-state index contributed by atoms with van der Waals surface area (Å²) in [4.78, 5) is 14.9. The minimum atomic E-state index is -0.199. The van der Waals surface area contributed by atoms with Crippen LogP contribution in [0.15, 0.2) is 34.8 Å². The van der Waals surface area contributed by atoms with Crippen LogP contribution in [-0.4, -0.2) is 26.2 Å². The fourth-order valence-electron chi connectivity index (χ4n) is 2.69. The van der Waals surface area contributed by atoms with Crippen molar-refractivity contribution in [3.05, 3.63) is 51.5 Å². The normalized spacial score (nSPS) is 10.2. The molecule has 2 aromatic rings. The van der Waals surface area contributed by atoms with Crippen LogP contribution >= 0.6 is 15.9 Å². The summed E-state index contributed by atoms with van der Waals surface area (Å²) >= 11 is 3.46. The van der Waals surface area contributed by atoms with Crippen LogP contribution < -0.4 is 14.4 Å². The van der Waals surface area contributed by atoms with Crippen LogP contribution in [0.3, 0.4) is 0 Å². The van der Waals surface area contributed by atoms with E-state index in [1.807, 2.05) is 39.0 Å². The molecule has 0 unspecified atom stereocenters. The fraction of sp³-hybridized carbons (Fsp3) is 0.333. The molecule has 0 spiro atoms. The van der Waals surface area contributed by atoms with Crippen LogP contribution in [-0.2, 0) is 0 Å². The van der Waals surface area contributed by atoms with Crippen molar-refractivity contribution in [3.8, 4) is 17.6 Å². The number of aryl methyl sites for hydroxylation is 2. The average molecular weight is 431 g/mol. The van der Waals surface area contributed by atoms with Crippen LogP contribution in [0.5, 0.6) is 11.5 Å². The van der Waals surface area contributed by atoms with E-state index in [1.54, 1.807) is 17.0 Å². The van der Waals surface area contributed by atoms with E-state index >= 15 is 0 Å². The lowest BCUT2D eigenvalue weighted by Crippen LogP contribution is -2.32. The highest BCUT2D eigenvalue weighted by Crippen LogP contribution is 2.37. The highest BCUT2D eigenvalue weighted by atomic mass is 79.9. The molecule has 0 N–H and O–H groups in total. The van der Waals surface area contributed by atoms with Crippen molar-refractivity contribution in [2.45, 2.75) is 27.2 Å². The second kappa shape index (κ2) is 9.43. The highest BCUT2D eigenvalue weighted by Gasteiger charge is 2.21. The molecule has 0 radical (unpaired) electrons. The van der Waals surface area contributed by atoms with Gasteiger partial charge in [0.1, 0.15) is 0 Å². The number of nitrogens with zero attached hydrogens (tertiary/aromatic N) is 2. The summed E-state index contributed by atoms with van der Waals surface area (Å²) in [6, 6.07) is 11.3. The van der Waals surface area contributed by atoms with Gasteiger partial charge in [-0.05, 0) is 72.1 Å². The molecule has 1 amide bonds. The van der Waals surface area contributed by atoms with E-state index in [9.17, 15) is 4.79 Å². The number of hydrogen-bond acceptors (Lipinski definition) is 4. The predicted molar refractivity (Wildman–Crippen MR) is 110 cm³/mol. The van der Waals surface area contributed by atoms with Gasteiger partial charge < -0.3 is 14.4 Å². The Morgan fingerprint density at radius 2 is 1.96 bits per heavy atom. The maximum absolute atomic E-state index is 13.2. The number of benzene rings is 2. The first-order chi connectivity index (χ1) is 12.9. The quantitative estimate of drug-likeness (QED) is 0.617. The standard InChI is InChI=1S/C21H23BrN2O3/c1-5-27-20-18(22)12-16(13-19(20)26-4)21(25)24(10-6-9-23)17-8-7-14(2)15(3)11-17/h7-8,11-13H,5-6,10H2,1-4H3. The van der Waals surface area contributed by atoms with Crippen LogP contribution in [0.2, 0.25) is 0 Å². The molecule has 0 aliphatic heterocycles. The number of carbonyl (C=O) groups excluding carboxylic acids is 1. The van der Waals surface area contributed by atoms with Gasteiger partial charge in [-0.1, -0.05) is 6.07 Å². The number of ether oxygens (including phenoxy) is 2. The van der Waals surface area contributed by atoms with Gasteiger partial charge in [-0.2, -0.15) is 5.26 Å². The lowest BCUT2D eigenvalue weighted by atomic mass is 10.1. The van der Waals surface area contributed by atoms with Crippen molar-refractivity contribution >= 4 is 27.5 Å². The Balaban J connectivity index is 2.47. The summed E-state index contributed by atoms with van der Waals surface area (Å²) in [6.07, 6.45) is 0.244. The van der Waals surface area contributed by atoms with Gasteiger partial charge in [-0.25, -0.2) is 0 Å². The number of nitriles is 1. The van der Waals surface area contributed by atoms with E-state index in [0.29, 0.717) is 34.7 Å². The lowest BCUT2D eigenvalue weighted by molar-refractivity contribution is 0.0987. The van der Waals surface area contributed by atoms with Crippen LogP contribution in [0.4, 0.5) is 5.69 Å². The first kappa shape index (κ1) is 20.8. The Morgan fingerprint density at radius 1 is 1.22 bits per heavy atom. The zero-order chi connectivity index (χ0) is 20.0. The Kier molecular flexibility index (Phi) is 7.26. The molecule has 5 nitrogen and oxygen atoms in total. The van der Waals surface area contributed by atoms with E-state index < -0.39 is 0 Å². The summed E-state index contributed by atoms with van der Waals surface area (Å²) in [5.41, 5.74) is 3.46. The Labute approximate surface area is 168 Å². The topological polar surface area (TPSA) is 62.6 Å². The van der Waals surface area contributed by atoms with Gasteiger partial charge in [-0.3, -0.25) is 4.79 Å². The predicted octanol–water partition coefficient (Wildman–Crippen LogP) is 5.03. The molecule has 0 atom stereocenters. The third-order valence-corrected chi connectivity index (χ3v) is 4.85. The van der Waals surface area contributed by atoms with Crippen molar-refractivity contribution in [1.29, 1.82) is 5.26 Å².